The van der Waals surface area contributed by atoms with Crippen LogP contribution in [0.25, 0.3) is 11.3 Å². The quantitative estimate of drug-likeness (QED) is 0.334. The van der Waals surface area contributed by atoms with Gasteiger partial charge in [-0.15, -0.1) is 0 Å². The summed E-state index contributed by atoms with van der Waals surface area (Å²) in [6.07, 6.45) is 1.71. The summed E-state index contributed by atoms with van der Waals surface area (Å²) in [6, 6.07) is 19.2. The van der Waals surface area contributed by atoms with Gasteiger partial charge in [0.25, 0.3) is 5.91 Å². The van der Waals surface area contributed by atoms with Crippen molar-refractivity contribution in [2.75, 3.05) is 17.6 Å². The highest BCUT2D eigenvalue weighted by Gasteiger charge is 2.18. The molecule has 3 rings (SSSR count). The average molecular weight is 452 g/mol. The summed E-state index contributed by atoms with van der Waals surface area (Å²) < 4.78 is 5.99. The minimum absolute atomic E-state index is 0.00282. The minimum Gasteiger partial charge on any atom is -0.463 e. The molecule has 8 heteroatoms. The van der Waals surface area contributed by atoms with Crippen LogP contribution >= 0.6 is 12.6 Å². The van der Waals surface area contributed by atoms with Crippen LogP contribution in [0, 0.1) is 0 Å². The summed E-state index contributed by atoms with van der Waals surface area (Å²) in [6.45, 7) is 2.67. The maximum Gasteiger partial charge on any atom is 0.261 e. The van der Waals surface area contributed by atoms with E-state index in [0.29, 0.717) is 30.4 Å². The number of hydrogen-bond acceptors (Lipinski definition) is 7. The number of nitrogens with zero attached hydrogens (tertiary/aromatic N) is 2. The number of amides is 1. The van der Waals surface area contributed by atoms with Crippen LogP contribution in [0.4, 0.5) is 5.69 Å². The molecule has 0 saturated heterocycles. The van der Waals surface area contributed by atoms with Gasteiger partial charge >= 0.3 is 0 Å². The van der Waals surface area contributed by atoms with Crippen molar-refractivity contribution in [1.29, 1.82) is 0 Å². The fourth-order valence-corrected chi connectivity index (χ4v) is 3.15. The molecule has 0 spiro atoms. The standard InChI is InChI=1S/C24H29N5O2S/c1-17(23(30)28-15-20-9-5-6-13-26-20)31-24-22(27-14-12-19(25)16-32)11-10-21(29-24)18-7-3-2-4-8-18/h2-11,13,17,19,27,32H,12,14-16,25H2,1H3,(H,28,30). The Hall–Kier alpha value is -3.10. The van der Waals surface area contributed by atoms with Crippen LogP contribution in [0.3, 0.4) is 0 Å². The number of pyridine rings is 2. The van der Waals surface area contributed by atoms with E-state index in [1.807, 2.05) is 60.7 Å². The van der Waals surface area contributed by atoms with Crippen LogP contribution in [0.15, 0.2) is 66.9 Å². The van der Waals surface area contributed by atoms with Crippen molar-refractivity contribution in [2.45, 2.75) is 32.0 Å². The normalized spacial score (nSPS) is 12.6. The molecule has 3 aromatic rings. The van der Waals surface area contributed by atoms with E-state index >= 15 is 0 Å². The number of nitrogens with one attached hydrogen (secondary N) is 2. The Morgan fingerprint density at radius 3 is 2.62 bits per heavy atom. The van der Waals surface area contributed by atoms with E-state index in [9.17, 15) is 4.79 Å². The van der Waals surface area contributed by atoms with Gasteiger partial charge in [0.2, 0.25) is 5.88 Å². The molecule has 2 aromatic heterocycles. The molecule has 7 nitrogen and oxygen atoms in total. The lowest BCUT2D eigenvalue weighted by Gasteiger charge is -2.18. The second kappa shape index (κ2) is 12.1. The van der Waals surface area contributed by atoms with Gasteiger partial charge in [-0.1, -0.05) is 36.4 Å². The third-order valence-corrected chi connectivity index (χ3v) is 5.29. The van der Waals surface area contributed by atoms with Gasteiger partial charge in [-0.2, -0.15) is 12.6 Å². The summed E-state index contributed by atoms with van der Waals surface area (Å²) in [4.78, 5) is 21.5. The van der Waals surface area contributed by atoms with Crippen molar-refractivity contribution in [3.8, 4) is 17.1 Å². The predicted octanol–water partition coefficient (Wildman–Crippen LogP) is 3.29. The van der Waals surface area contributed by atoms with Crippen LogP contribution in [0.2, 0.25) is 0 Å². The fourth-order valence-electron chi connectivity index (χ4n) is 2.96. The summed E-state index contributed by atoms with van der Waals surface area (Å²) >= 11 is 4.23. The topological polar surface area (TPSA) is 102 Å². The molecule has 0 radical (unpaired) electrons. The van der Waals surface area contributed by atoms with Gasteiger partial charge in [0, 0.05) is 30.1 Å². The van der Waals surface area contributed by atoms with E-state index in [0.717, 1.165) is 23.4 Å². The molecular formula is C24H29N5O2S. The number of rotatable bonds is 11. The third kappa shape index (κ3) is 6.96. The number of thiol groups is 1. The van der Waals surface area contributed by atoms with E-state index in [2.05, 4.69) is 33.2 Å². The molecule has 2 heterocycles. The first-order chi connectivity index (χ1) is 15.6. The van der Waals surface area contributed by atoms with Gasteiger partial charge in [0.05, 0.1) is 23.6 Å². The van der Waals surface area contributed by atoms with Crippen LogP contribution in [0.5, 0.6) is 5.88 Å². The van der Waals surface area contributed by atoms with Crippen molar-refractivity contribution >= 4 is 24.2 Å². The van der Waals surface area contributed by atoms with Crippen LogP contribution in [-0.2, 0) is 11.3 Å². The summed E-state index contributed by atoms with van der Waals surface area (Å²) in [5.41, 5.74) is 9.17. The first-order valence-corrected chi connectivity index (χ1v) is 11.2. The predicted molar refractivity (Wildman–Crippen MR) is 131 cm³/mol. The van der Waals surface area contributed by atoms with E-state index in [-0.39, 0.29) is 11.9 Å². The molecule has 0 fully saturated rings. The first-order valence-electron chi connectivity index (χ1n) is 10.6. The Morgan fingerprint density at radius 1 is 1.12 bits per heavy atom. The van der Waals surface area contributed by atoms with E-state index in [1.54, 1.807) is 13.1 Å². The molecule has 0 bridgehead atoms. The van der Waals surface area contributed by atoms with Crippen LogP contribution < -0.4 is 21.1 Å². The SMILES string of the molecule is CC(Oc1nc(-c2ccccc2)ccc1NCCC(N)CS)C(=O)NCc1ccccn1. The summed E-state index contributed by atoms with van der Waals surface area (Å²) in [5, 5.41) is 6.17. The second-order valence-electron chi connectivity index (χ2n) is 7.37. The lowest BCUT2D eigenvalue weighted by Crippen LogP contribution is -2.36. The molecule has 0 aliphatic heterocycles. The number of carbonyl (C=O) groups is 1. The highest BCUT2D eigenvalue weighted by Crippen LogP contribution is 2.28. The molecule has 1 amide bonds. The number of benzene rings is 1. The lowest BCUT2D eigenvalue weighted by molar-refractivity contribution is -0.127. The molecule has 2 unspecified atom stereocenters. The Morgan fingerprint density at radius 2 is 1.91 bits per heavy atom. The maximum atomic E-state index is 12.6. The summed E-state index contributed by atoms with van der Waals surface area (Å²) in [7, 11) is 0. The number of carbonyl (C=O) groups excluding carboxylic acids is 1. The van der Waals surface area contributed by atoms with E-state index in [4.69, 9.17) is 10.5 Å². The molecular weight excluding hydrogens is 422 g/mol. The average Bonchev–Trinajstić information content (AvgIpc) is 2.84. The summed E-state index contributed by atoms with van der Waals surface area (Å²) in [5.74, 6) is 0.737. The highest BCUT2D eigenvalue weighted by atomic mass is 32.1. The zero-order valence-corrected chi connectivity index (χ0v) is 19.0. The maximum absolute atomic E-state index is 12.6. The second-order valence-corrected chi connectivity index (χ2v) is 7.74. The minimum atomic E-state index is -0.738. The number of ether oxygens (including phenoxy) is 1. The Labute approximate surface area is 194 Å². The van der Waals surface area contributed by atoms with Crippen LogP contribution in [0.1, 0.15) is 19.0 Å². The monoisotopic (exact) mass is 451 g/mol. The Bertz CT molecular complexity index is 988. The largest absolute Gasteiger partial charge is 0.463 e. The smallest absolute Gasteiger partial charge is 0.261 e. The lowest BCUT2D eigenvalue weighted by atomic mass is 10.1. The van der Waals surface area contributed by atoms with Gasteiger partial charge in [0.15, 0.2) is 6.10 Å². The van der Waals surface area contributed by atoms with Crippen molar-refractivity contribution in [1.82, 2.24) is 15.3 Å². The molecule has 0 saturated carbocycles. The van der Waals surface area contributed by atoms with Crippen molar-refractivity contribution in [3.63, 3.8) is 0 Å². The molecule has 2 atom stereocenters. The first kappa shape index (κ1) is 23.6. The highest BCUT2D eigenvalue weighted by molar-refractivity contribution is 7.80. The zero-order chi connectivity index (χ0) is 22.8. The van der Waals surface area contributed by atoms with E-state index < -0.39 is 6.10 Å². The van der Waals surface area contributed by atoms with Crippen molar-refractivity contribution < 1.29 is 9.53 Å². The van der Waals surface area contributed by atoms with Gasteiger partial charge in [-0.25, -0.2) is 4.98 Å². The van der Waals surface area contributed by atoms with Crippen molar-refractivity contribution in [3.05, 3.63) is 72.6 Å². The van der Waals surface area contributed by atoms with E-state index in [1.165, 1.54) is 0 Å². The number of hydrogen-bond donors (Lipinski definition) is 4. The molecule has 1 aromatic carbocycles. The molecule has 32 heavy (non-hydrogen) atoms. The molecule has 168 valence electrons. The molecule has 0 aliphatic carbocycles. The Kier molecular flexibility index (Phi) is 8.89. The number of nitrogens with two attached hydrogens (primary N) is 1. The molecule has 4 N–H and O–H groups in total. The zero-order valence-electron chi connectivity index (χ0n) is 18.1. The number of aromatic nitrogens is 2. The van der Waals surface area contributed by atoms with Crippen LogP contribution in [-0.4, -0.2) is 40.3 Å². The van der Waals surface area contributed by atoms with Gasteiger partial charge in [0.1, 0.15) is 0 Å². The van der Waals surface area contributed by atoms with Gasteiger partial charge < -0.3 is 21.1 Å². The Balaban J connectivity index is 1.72. The molecule has 0 aliphatic rings. The number of anilines is 1. The fraction of sp³-hybridized carbons (Fsp3) is 0.292. The third-order valence-electron chi connectivity index (χ3n) is 4.82. The van der Waals surface area contributed by atoms with Gasteiger partial charge in [-0.3, -0.25) is 9.78 Å². The van der Waals surface area contributed by atoms with Gasteiger partial charge in [-0.05, 0) is 37.6 Å². The van der Waals surface area contributed by atoms with Crippen molar-refractivity contribution in [2.24, 2.45) is 5.73 Å².